The molecule has 0 bridgehead atoms. The monoisotopic (exact) mass is 270 g/mol. The second kappa shape index (κ2) is 6.15. The van der Waals surface area contributed by atoms with Gasteiger partial charge in [-0.15, -0.1) is 0 Å². The minimum Gasteiger partial charge on any atom is -0.329 e. The van der Waals surface area contributed by atoms with Gasteiger partial charge in [-0.25, -0.2) is 0 Å². The molecule has 2 aliphatic rings. The molecule has 4 unspecified atom stereocenters. The summed E-state index contributed by atoms with van der Waals surface area (Å²) in [7, 11) is 0. The van der Waals surface area contributed by atoms with Crippen LogP contribution < -0.4 is 5.73 Å². The van der Waals surface area contributed by atoms with Crippen LogP contribution in [0.1, 0.15) is 52.9 Å². The van der Waals surface area contributed by atoms with Crippen LogP contribution in [0.4, 0.5) is 0 Å². The molecule has 0 aromatic rings. The van der Waals surface area contributed by atoms with Crippen molar-refractivity contribution in [1.29, 1.82) is 0 Å². The van der Waals surface area contributed by atoms with E-state index in [1.54, 1.807) is 0 Å². The highest BCUT2D eigenvalue weighted by molar-refractivity contribution is 8.00. The smallest absolute Gasteiger partial charge is 0.0337 e. The van der Waals surface area contributed by atoms with E-state index in [4.69, 9.17) is 5.73 Å². The molecule has 1 aliphatic heterocycles. The predicted molar refractivity (Wildman–Crippen MR) is 82.1 cm³/mol. The van der Waals surface area contributed by atoms with Gasteiger partial charge in [0.05, 0.1) is 0 Å². The highest BCUT2D eigenvalue weighted by atomic mass is 32.2. The Labute approximate surface area is 117 Å². The Morgan fingerprint density at radius 2 is 2.17 bits per heavy atom. The summed E-state index contributed by atoms with van der Waals surface area (Å²) in [5.41, 5.74) is 6.56. The van der Waals surface area contributed by atoms with E-state index in [-0.39, 0.29) is 0 Å². The third kappa shape index (κ3) is 2.73. The molecule has 0 amide bonds. The van der Waals surface area contributed by atoms with E-state index in [1.165, 1.54) is 44.4 Å². The molecule has 2 rings (SSSR count). The molecular formula is C15H30N2S. The minimum absolute atomic E-state index is 0.313. The Morgan fingerprint density at radius 3 is 2.83 bits per heavy atom. The number of thioether (sulfide) groups is 1. The van der Waals surface area contributed by atoms with Crippen LogP contribution in [0, 0.1) is 5.92 Å². The summed E-state index contributed by atoms with van der Waals surface area (Å²) < 4.78 is 0. The first-order valence-electron chi connectivity index (χ1n) is 7.71. The van der Waals surface area contributed by atoms with Crippen LogP contribution >= 0.6 is 11.8 Å². The van der Waals surface area contributed by atoms with Gasteiger partial charge in [0.15, 0.2) is 0 Å². The van der Waals surface area contributed by atoms with Gasteiger partial charge in [0.2, 0.25) is 0 Å². The standard InChI is InChI=1S/C15H30N2S/c1-4-14-6-5-7-15(10-14,11-16)17-8-9-18-13(3)12(17)2/h12-14H,4-11,16H2,1-3H3. The maximum Gasteiger partial charge on any atom is 0.0337 e. The van der Waals surface area contributed by atoms with Crippen LogP contribution in [0.2, 0.25) is 0 Å². The maximum absolute atomic E-state index is 6.25. The van der Waals surface area contributed by atoms with Crippen molar-refractivity contribution in [3.8, 4) is 0 Å². The number of hydrogen-bond donors (Lipinski definition) is 1. The Morgan fingerprint density at radius 1 is 1.39 bits per heavy atom. The zero-order chi connectivity index (χ0) is 13.2. The van der Waals surface area contributed by atoms with Gasteiger partial charge in [-0.2, -0.15) is 11.8 Å². The van der Waals surface area contributed by atoms with Crippen molar-refractivity contribution in [3.05, 3.63) is 0 Å². The van der Waals surface area contributed by atoms with Crippen molar-refractivity contribution in [1.82, 2.24) is 4.90 Å². The molecule has 1 aliphatic carbocycles. The third-order valence-electron chi connectivity index (χ3n) is 5.37. The minimum atomic E-state index is 0.313. The summed E-state index contributed by atoms with van der Waals surface area (Å²) in [5, 5.41) is 0.754. The van der Waals surface area contributed by atoms with Crippen LogP contribution in [-0.4, -0.2) is 40.6 Å². The second-order valence-electron chi connectivity index (χ2n) is 6.31. The lowest BCUT2D eigenvalue weighted by Gasteiger charge is -2.53. The average molecular weight is 270 g/mol. The van der Waals surface area contributed by atoms with Gasteiger partial charge in [0, 0.05) is 35.7 Å². The topological polar surface area (TPSA) is 29.3 Å². The van der Waals surface area contributed by atoms with Gasteiger partial charge >= 0.3 is 0 Å². The molecule has 0 aromatic heterocycles. The summed E-state index contributed by atoms with van der Waals surface area (Å²) >= 11 is 2.13. The van der Waals surface area contributed by atoms with E-state index >= 15 is 0 Å². The quantitative estimate of drug-likeness (QED) is 0.854. The SMILES string of the molecule is CCC1CCCC(CN)(N2CCSC(C)C2C)C1. The first-order valence-corrected chi connectivity index (χ1v) is 8.76. The summed E-state index contributed by atoms with van der Waals surface area (Å²) in [4.78, 5) is 2.77. The zero-order valence-electron chi connectivity index (χ0n) is 12.3. The molecule has 106 valence electrons. The van der Waals surface area contributed by atoms with Crippen molar-refractivity contribution < 1.29 is 0 Å². The fourth-order valence-corrected chi connectivity index (χ4v) is 5.07. The number of rotatable bonds is 3. The molecule has 1 saturated carbocycles. The maximum atomic E-state index is 6.25. The fraction of sp³-hybridized carbons (Fsp3) is 1.00. The van der Waals surface area contributed by atoms with Crippen molar-refractivity contribution in [3.63, 3.8) is 0 Å². The van der Waals surface area contributed by atoms with Crippen LogP contribution in [0.25, 0.3) is 0 Å². The highest BCUT2D eigenvalue weighted by Gasteiger charge is 2.43. The lowest BCUT2D eigenvalue weighted by molar-refractivity contribution is 0.00863. The van der Waals surface area contributed by atoms with Crippen LogP contribution in [0.15, 0.2) is 0 Å². The predicted octanol–water partition coefficient (Wildman–Crippen LogP) is 3.11. The molecule has 2 N–H and O–H groups in total. The molecule has 18 heavy (non-hydrogen) atoms. The third-order valence-corrected chi connectivity index (χ3v) is 6.71. The average Bonchev–Trinajstić information content (AvgIpc) is 2.41. The van der Waals surface area contributed by atoms with Gasteiger partial charge in [-0.3, -0.25) is 4.90 Å². The van der Waals surface area contributed by atoms with E-state index in [0.717, 1.165) is 17.7 Å². The van der Waals surface area contributed by atoms with Crippen molar-refractivity contribution in [2.24, 2.45) is 11.7 Å². The van der Waals surface area contributed by atoms with Crippen molar-refractivity contribution in [2.75, 3.05) is 18.8 Å². The Hall–Kier alpha value is 0.270. The molecule has 2 fully saturated rings. The number of nitrogens with zero attached hydrogens (tertiary/aromatic N) is 1. The molecular weight excluding hydrogens is 240 g/mol. The normalized spacial score (nSPS) is 43.0. The van der Waals surface area contributed by atoms with Gasteiger partial charge < -0.3 is 5.73 Å². The lowest BCUT2D eigenvalue weighted by Crippen LogP contribution is -2.62. The Kier molecular flexibility index (Phi) is 5.01. The van der Waals surface area contributed by atoms with Gasteiger partial charge in [0.25, 0.3) is 0 Å². The van der Waals surface area contributed by atoms with E-state index in [1.807, 2.05) is 0 Å². The van der Waals surface area contributed by atoms with Gasteiger partial charge in [-0.05, 0) is 25.7 Å². The van der Waals surface area contributed by atoms with E-state index < -0.39 is 0 Å². The molecule has 1 saturated heterocycles. The lowest BCUT2D eigenvalue weighted by atomic mass is 9.73. The molecule has 3 heteroatoms. The second-order valence-corrected chi connectivity index (χ2v) is 7.79. The number of hydrogen-bond acceptors (Lipinski definition) is 3. The van der Waals surface area contributed by atoms with Gasteiger partial charge in [-0.1, -0.05) is 33.1 Å². The van der Waals surface area contributed by atoms with Crippen LogP contribution in [0.5, 0.6) is 0 Å². The van der Waals surface area contributed by atoms with E-state index in [9.17, 15) is 0 Å². The molecule has 0 radical (unpaired) electrons. The molecule has 1 heterocycles. The zero-order valence-corrected chi connectivity index (χ0v) is 13.1. The van der Waals surface area contributed by atoms with Crippen molar-refractivity contribution >= 4 is 11.8 Å². The summed E-state index contributed by atoms with van der Waals surface area (Å²) in [6.07, 6.45) is 6.78. The molecule has 4 atom stereocenters. The first-order chi connectivity index (χ1) is 8.63. The molecule has 0 aromatic carbocycles. The molecule has 0 spiro atoms. The summed E-state index contributed by atoms with van der Waals surface area (Å²) in [6, 6.07) is 0.683. The Bertz CT molecular complexity index is 271. The number of nitrogens with two attached hydrogens (primary N) is 1. The summed E-state index contributed by atoms with van der Waals surface area (Å²) in [5.74, 6) is 2.18. The van der Waals surface area contributed by atoms with E-state index in [0.29, 0.717) is 11.6 Å². The Balaban J connectivity index is 2.15. The van der Waals surface area contributed by atoms with E-state index in [2.05, 4.69) is 37.4 Å². The van der Waals surface area contributed by atoms with Crippen LogP contribution in [0.3, 0.4) is 0 Å². The summed E-state index contributed by atoms with van der Waals surface area (Å²) in [6.45, 7) is 9.22. The first kappa shape index (κ1) is 14.7. The van der Waals surface area contributed by atoms with Gasteiger partial charge in [0.1, 0.15) is 0 Å². The largest absolute Gasteiger partial charge is 0.329 e. The highest BCUT2D eigenvalue weighted by Crippen LogP contribution is 2.41. The van der Waals surface area contributed by atoms with Crippen LogP contribution in [-0.2, 0) is 0 Å². The van der Waals surface area contributed by atoms with Crippen molar-refractivity contribution in [2.45, 2.75) is 69.7 Å². The molecule has 2 nitrogen and oxygen atoms in total. The fourth-order valence-electron chi connectivity index (χ4n) is 3.98.